The number of oxazole rings is 1. The summed E-state index contributed by atoms with van der Waals surface area (Å²) in [4.78, 5) is 43.8. The number of hydrogen-bond donors (Lipinski definition) is 1. The van der Waals surface area contributed by atoms with E-state index in [9.17, 15) is 19.5 Å². The maximum absolute atomic E-state index is 14.1. The first-order valence-corrected chi connectivity index (χ1v) is 20.0. The molecular weight excluding hydrogens is 674 g/mol. The van der Waals surface area contributed by atoms with E-state index in [1.807, 2.05) is 30.5 Å². The Hall–Kier alpha value is -2.93. The predicted molar refractivity (Wildman–Crippen MR) is 202 cm³/mol. The Morgan fingerprint density at radius 3 is 2.31 bits per heavy atom. The molecule has 8 atom stereocenters. The monoisotopic (exact) mass is 731 g/mol. The minimum atomic E-state index is -1.16. The minimum absolute atomic E-state index is 0.00237. The Morgan fingerprint density at radius 2 is 1.65 bits per heavy atom. The summed E-state index contributed by atoms with van der Waals surface area (Å²) in [6.07, 6.45) is 9.92. The van der Waals surface area contributed by atoms with Gasteiger partial charge in [-0.25, -0.2) is 4.98 Å². The fraction of sp³-hybridized carbons (Fsp3) is 0.682. The van der Waals surface area contributed by atoms with Crippen LogP contribution in [0, 0.1) is 50.7 Å². The third kappa shape index (κ3) is 5.32. The molecule has 1 heterocycles. The molecule has 5 aliphatic rings. The fourth-order valence-electron chi connectivity index (χ4n) is 13.0. The Morgan fingerprint density at radius 1 is 0.962 bits per heavy atom. The van der Waals surface area contributed by atoms with E-state index in [4.69, 9.17) is 25.7 Å². The number of benzene rings is 1. The van der Waals surface area contributed by atoms with Crippen molar-refractivity contribution in [1.82, 2.24) is 4.98 Å². The lowest BCUT2D eigenvalue weighted by Gasteiger charge is -2.72. The van der Waals surface area contributed by atoms with Gasteiger partial charge in [0.05, 0.1) is 23.4 Å². The SMILES string of the molecule is CC(C)C1=C2[C@H]3CC[C@@H]4[C@@]5(C)CC[C@H](OC(=O)CC(C)(C)C(=O)O)C(C)(C)[C@@H]5CC[C@@]4(C)[C@]3(C)CC[C@@]2(c2cnc(-c3ccc(Cl)cc3)o2)CC1=O. The molecule has 282 valence electrons. The van der Waals surface area contributed by atoms with Gasteiger partial charge >= 0.3 is 11.9 Å². The zero-order valence-corrected chi connectivity index (χ0v) is 33.4. The van der Waals surface area contributed by atoms with Gasteiger partial charge in [0.15, 0.2) is 5.78 Å². The summed E-state index contributed by atoms with van der Waals surface area (Å²) in [5.41, 5.74) is 1.51. The minimum Gasteiger partial charge on any atom is -0.481 e. The maximum atomic E-state index is 14.1. The van der Waals surface area contributed by atoms with Crippen LogP contribution in [0.15, 0.2) is 46.0 Å². The first-order valence-electron chi connectivity index (χ1n) is 19.6. The molecule has 0 unspecified atom stereocenters. The Labute approximate surface area is 314 Å². The molecule has 0 saturated heterocycles. The molecule has 52 heavy (non-hydrogen) atoms. The van der Waals surface area contributed by atoms with Crippen LogP contribution in [-0.4, -0.2) is 33.9 Å². The van der Waals surface area contributed by atoms with Gasteiger partial charge in [-0.05, 0) is 141 Å². The van der Waals surface area contributed by atoms with Crippen molar-refractivity contribution >= 4 is 29.3 Å². The van der Waals surface area contributed by atoms with Gasteiger partial charge in [0.1, 0.15) is 11.9 Å². The topological polar surface area (TPSA) is 107 Å². The van der Waals surface area contributed by atoms with Gasteiger partial charge in [0.25, 0.3) is 0 Å². The number of ether oxygens (including phenoxy) is 1. The molecule has 0 bridgehead atoms. The number of rotatable bonds is 7. The van der Waals surface area contributed by atoms with Crippen LogP contribution in [0.1, 0.15) is 132 Å². The Kier molecular flexibility index (Phi) is 8.84. The predicted octanol–water partition coefficient (Wildman–Crippen LogP) is 10.6. The molecular formula is C44H58ClNO6. The highest BCUT2D eigenvalue weighted by molar-refractivity contribution is 6.30. The highest BCUT2D eigenvalue weighted by Gasteiger charge is 2.70. The first-order chi connectivity index (χ1) is 24.2. The van der Waals surface area contributed by atoms with Gasteiger partial charge in [-0.1, -0.05) is 60.1 Å². The molecule has 2 aromatic rings. The Bertz CT molecular complexity index is 1820. The van der Waals surface area contributed by atoms with Crippen LogP contribution < -0.4 is 0 Å². The number of nitrogens with zero attached hydrogens (tertiary/aromatic N) is 1. The molecule has 0 aliphatic heterocycles. The number of carbonyl (C=O) groups excluding carboxylic acids is 2. The van der Waals surface area contributed by atoms with Crippen LogP contribution in [0.25, 0.3) is 11.5 Å². The number of fused-ring (bicyclic) bond motifs is 7. The summed E-state index contributed by atoms with van der Waals surface area (Å²) >= 11 is 6.18. The number of halogens is 1. The van der Waals surface area contributed by atoms with E-state index in [2.05, 4.69) is 48.5 Å². The van der Waals surface area contributed by atoms with E-state index < -0.39 is 22.8 Å². The van der Waals surface area contributed by atoms with Crippen molar-refractivity contribution in [2.24, 2.45) is 50.7 Å². The van der Waals surface area contributed by atoms with E-state index in [0.29, 0.717) is 29.2 Å². The van der Waals surface area contributed by atoms with Crippen LogP contribution in [0.4, 0.5) is 0 Å². The van der Waals surface area contributed by atoms with Crippen LogP contribution in [-0.2, 0) is 24.5 Å². The number of allylic oxidation sites excluding steroid dienone is 2. The largest absolute Gasteiger partial charge is 0.481 e. The molecule has 4 saturated carbocycles. The molecule has 7 nitrogen and oxygen atoms in total. The van der Waals surface area contributed by atoms with Crippen molar-refractivity contribution in [3.63, 3.8) is 0 Å². The van der Waals surface area contributed by atoms with E-state index in [-0.39, 0.29) is 51.8 Å². The number of carboxylic acids is 1. The lowest BCUT2D eigenvalue weighted by atomic mass is 9.33. The maximum Gasteiger partial charge on any atom is 0.309 e. The van der Waals surface area contributed by atoms with Crippen LogP contribution in [0.3, 0.4) is 0 Å². The van der Waals surface area contributed by atoms with Gasteiger partial charge in [0.2, 0.25) is 5.89 Å². The van der Waals surface area contributed by atoms with Crippen LogP contribution in [0.5, 0.6) is 0 Å². The van der Waals surface area contributed by atoms with Crippen LogP contribution in [0.2, 0.25) is 5.02 Å². The van der Waals surface area contributed by atoms with Gasteiger partial charge in [-0.2, -0.15) is 0 Å². The zero-order valence-electron chi connectivity index (χ0n) is 32.7. The zero-order chi connectivity index (χ0) is 37.8. The lowest BCUT2D eigenvalue weighted by molar-refractivity contribution is -0.232. The molecule has 1 aromatic heterocycles. The van der Waals surface area contributed by atoms with E-state index in [1.54, 1.807) is 13.8 Å². The number of Topliss-reactive ketones (excluding diaryl/α,β-unsaturated/α-hetero) is 1. The van der Waals surface area contributed by atoms with Crippen molar-refractivity contribution in [2.45, 2.75) is 138 Å². The standard InChI is InChI=1S/C44H58ClNO6/c1-25(2)35-29(47)22-44(33-24-46-37(52-33)26-10-12-27(45)13-11-26)21-20-42(8)28(36(35)44)14-15-31-41(7)18-17-32(51-34(48)23-39(3,4)38(49)50)40(5,6)30(41)16-19-43(31,42)9/h10-13,24-25,28,30-32H,14-23H2,1-9H3,(H,49,50)/t28-,30+,31-,32+,41+,42-,43-,44+/m1/s1. The third-order valence-electron chi connectivity index (χ3n) is 15.9. The molecule has 1 aromatic carbocycles. The van der Waals surface area contributed by atoms with Crippen molar-refractivity contribution in [3.8, 4) is 11.5 Å². The second-order valence-corrected chi connectivity index (χ2v) is 20.0. The summed E-state index contributed by atoms with van der Waals surface area (Å²) in [5, 5.41) is 10.3. The summed E-state index contributed by atoms with van der Waals surface area (Å²) in [6, 6.07) is 7.57. The van der Waals surface area contributed by atoms with Gasteiger partial charge in [0, 0.05) is 22.4 Å². The molecule has 0 amide bonds. The smallest absolute Gasteiger partial charge is 0.309 e. The first kappa shape index (κ1) is 37.4. The average molecular weight is 732 g/mol. The number of aromatic nitrogens is 1. The molecule has 0 spiro atoms. The van der Waals surface area contributed by atoms with E-state index in [1.165, 1.54) is 5.57 Å². The van der Waals surface area contributed by atoms with Crippen LogP contribution >= 0.6 is 11.6 Å². The van der Waals surface area contributed by atoms with Crippen molar-refractivity contribution < 1.29 is 28.6 Å². The molecule has 5 aliphatic carbocycles. The number of hydrogen-bond acceptors (Lipinski definition) is 6. The molecule has 8 heteroatoms. The Balaban J connectivity index is 1.20. The lowest BCUT2D eigenvalue weighted by Crippen LogP contribution is -2.66. The number of carbonyl (C=O) groups is 3. The molecule has 7 rings (SSSR count). The average Bonchev–Trinajstić information content (AvgIpc) is 3.66. The number of aliphatic carboxylic acids is 1. The second kappa shape index (κ2) is 12.3. The van der Waals surface area contributed by atoms with Gasteiger partial charge < -0.3 is 14.3 Å². The van der Waals surface area contributed by atoms with Gasteiger partial charge in [-0.3, -0.25) is 14.4 Å². The van der Waals surface area contributed by atoms with E-state index in [0.717, 1.165) is 68.3 Å². The third-order valence-corrected chi connectivity index (χ3v) is 16.1. The molecule has 4 fully saturated rings. The normalized spacial score (nSPS) is 36.9. The van der Waals surface area contributed by atoms with Crippen molar-refractivity contribution in [3.05, 3.63) is 52.4 Å². The fourth-order valence-corrected chi connectivity index (χ4v) is 13.1. The summed E-state index contributed by atoms with van der Waals surface area (Å²) in [7, 11) is 0. The summed E-state index contributed by atoms with van der Waals surface area (Å²) in [6.45, 7) is 19.7. The molecule has 1 N–H and O–H groups in total. The summed E-state index contributed by atoms with van der Waals surface area (Å²) in [5.74, 6) is 1.53. The highest BCUT2D eigenvalue weighted by atomic mass is 35.5. The number of ketones is 1. The second-order valence-electron chi connectivity index (χ2n) is 19.5. The van der Waals surface area contributed by atoms with Crippen molar-refractivity contribution in [2.75, 3.05) is 0 Å². The van der Waals surface area contributed by atoms with E-state index >= 15 is 0 Å². The number of esters is 1. The number of carboxylic acid groups (broad SMARTS) is 1. The quantitative estimate of drug-likeness (QED) is 0.282. The molecule has 0 radical (unpaired) electrons. The highest BCUT2D eigenvalue weighted by Crippen LogP contribution is 2.77. The van der Waals surface area contributed by atoms with Gasteiger partial charge in [-0.15, -0.1) is 0 Å². The van der Waals surface area contributed by atoms with Crippen molar-refractivity contribution in [1.29, 1.82) is 0 Å². The summed E-state index contributed by atoms with van der Waals surface area (Å²) < 4.78 is 12.8.